The summed E-state index contributed by atoms with van der Waals surface area (Å²) in [5.74, 6) is -0.0316. The Morgan fingerprint density at radius 1 is 1.29 bits per heavy atom. The third-order valence-corrected chi connectivity index (χ3v) is 2.46. The van der Waals surface area contributed by atoms with E-state index in [1.165, 1.54) is 12.1 Å². The molecule has 1 aromatic carbocycles. The van der Waals surface area contributed by atoms with Crippen molar-refractivity contribution in [3.05, 3.63) is 35.6 Å². The number of amides is 1. The van der Waals surface area contributed by atoms with Crippen molar-refractivity contribution in [3.8, 4) is 0 Å². The molecule has 1 aliphatic heterocycles. The van der Waals surface area contributed by atoms with Crippen LogP contribution in [0.25, 0.3) is 0 Å². The summed E-state index contributed by atoms with van der Waals surface area (Å²) in [6.45, 7) is 1.44. The van der Waals surface area contributed by atoms with Crippen molar-refractivity contribution in [2.75, 3.05) is 6.54 Å². The second-order valence-corrected chi connectivity index (χ2v) is 3.55. The fourth-order valence-electron chi connectivity index (χ4n) is 1.68. The third-order valence-electron chi connectivity index (χ3n) is 2.46. The molecule has 0 N–H and O–H groups in total. The lowest BCUT2D eigenvalue weighted by molar-refractivity contribution is -0.128. The molecule has 2 rings (SSSR count). The Morgan fingerprint density at radius 3 is 2.57 bits per heavy atom. The van der Waals surface area contributed by atoms with E-state index in [0.29, 0.717) is 13.0 Å². The number of carbonyl (C=O) groups is 1. The van der Waals surface area contributed by atoms with Crippen LogP contribution in [0.2, 0.25) is 0 Å². The standard InChI is InChI=1S/C11H12FNO/c12-10-5-3-9(4-6-10)8-13-7-1-2-11(13)14/h3-6H,1-2,7-8H2/i14+2. The Morgan fingerprint density at radius 2 is 2.00 bits per heavy atom. The van der Waals surface area contributed by atoms with Gasteiger partial charge in [-0.2, -0.15) is 0 Å². The van der Waals surface area contributed by atoms with Gasteiger partial charge < -0.3 is 4.90 Å². The molecule has 1 aliphatic rings. The summed E-state index contributed by atoms with van der Waals surface area (Å²) in [7, 11) is 0. The molecule has 0 atom stereocenters. The van der Waals surface area contributed by atoms with Crippen molar-refractivity contribution in [3.63, 3.8) is 0 Å². The van der Waals surface area contributed by atoms with Gasteiger partial charge in [-0.1, -0.05) is 12.1 Å². The zero-order valence-electron chi connectivity index (χ0n) is 7.87. The lowest BCUT2D eigenvalue weighted by Crippen LogP contribution is -2.23. The summed E-state index contributed by atoms with van der Waals surface area (Å²) in [6, 6.07) is 6.30. The summed E-state index contributed by atoms with van der Waals surface area (Å²) in [5.41, 5.74) is 0.988. The molecular weight excluding hydrogens is 183 g/mol. The fourth-order valence-corrected chi connectivity index (χ4v) is 1.68. The molecule has 1 heterocycles. The first-order valence-electron chi connectivity index (χ1n) is 4.78. The van der Waals surface area contributed by atoms with E-state index < -0.39 is 0 Å². The van der Waals surface area contributed by atoms with Crippen molar-refractivity contribution in [2.45, 2.75) is 19.4 Å². The van der Waals surface area contributed by atoms with Crippen LogP contribution >= 0.6 is 0 Å². The minimum atomic E-state index is -0.235. The number of nitrogens with zero attached hydrogens (tertiary/aromatic N) is 1. The Hall–Kier alpha value is -1.38. The maximum absolute atomic E-state index is 12.6. The van der Waals surface area contributed by atoms with Gasteiger partial charge in [0.1, 0.15) is 5.82 Å². The zero-order chi connectivity index (χ0) is 9.97. The Labute approximate surface area is 82.3 Å². The Bertz CT molecular complexity index is 334. The minimum absolute atomic E-state index is 0.203. The normalized spacial score (nSPS) is 16.4. The highest BCUT2D eigenvalue weighted by molar-refractivity contribution is 5.78. The van der Waals surface area contributed by atoms with Crippen LogP contribution in [0.15, 0.2) is 24.3 Å². The number of hydrogen-bond acceptors (Lipinski definition) is 1. The van der Waals surface area contributed by atoms with E-state index in [2.05, 4.69) is 0 Å². The lowest BCUT2D eigenvalue weighted by Gasteiger charge is -2.15. The lowest BCUT2D eigenvalue weighted by atomic mass is 10.2. The van der Waals surface area contributed by atoms with Gasteiger partial charge in [-0.25, -0.2) is 4.39 Å². The van der Waals surface area contributed by atoms with E-state index in [4.69, 9.17) is 0 Å². The number of rotatable bonds is 2. The SMILES string of the molecule is [18O]=C1CCCN1Cc1ccc(F)cc1. The quantitative estimate of drug-likeness (QED) is 0.660. The van der Waals surface area contributed by atoms with Gasteiger partial charge in [0.15, 0.2) is 0 Å². The predicted molar refractivity (Wildman–Crippen MR) is 51.1 cm³/mol. The summed E-state index contributed by atoms with van der Waals surface area (Å²) in [4.78, 5) is 13.1. The molecule has 0 bridgehead atoms. The maximum Gasteiger partial charge on any atom is 0.222 e. The zero-order valence-corrected chi connectivity index (χ0v) is 7.87. The Balaban J connectivity index is 2.03. The van der Waals surface area contributed by atoms with Gasteiger partial charge in [-0.05, 0) is 24.1 Å². The van der Waals surface area contributed by atoms with Crippen LogP contribution in [0.4, 0.5) is 4.39 Å². The van der Waals surface area contributed by atoms with Gasteiger partial charge in [0.05, 0.1) is 0 Å². The molecule has 0 unspecified atom stereocenters. The average molecular weight is 195 g/mol. The molecule has 0 saturated carbocycles. The molecule has 74 valence electrons. The monoisotopic (exact) mass is 195 g/mol. The molecule has 0 radical (unpaired) electrons. The first-order chi connectivity index (χ1) is 6.75. The minimum Gasteiger partial charge on any atom is -0.338 e. The van der Waals surface area contributed by atoms with Crippen LogP contribution in [0.3, 0.4) is 0 Å². The first kappa shape index (κ1) is 9.19. The second-order valence-electron chi connectivity index (χ2n) is 3.55. The van der Waals surface area contributed by atoms with Crippen LogP contribution in [-0.4, -0.2) is 17.4 Å². The smallest absolute Gasteiger partial charge is 0.222 e. The third kappa shape index (κ3) is 1.92. The molecule has 2 nitrogen and oxygen atoms in total. The van der Waals surface area contributed by atoms with Crippen molar-refractivity contribution in [1.29, 1.82) is 0 Å². The predicted octanol–water partition coefficient (Wildman–Crippen LogP) is 1.95. The van der Waals surface area contributed by atoms with Crippen molar-refractivity contribution >= 4 is 5.91 Å². The molecule has 0 aliphatic carbocycles. The van der Waals surface area contributed by atoms with Crippen LogP contribution in [0, 0.1) is 5.82 Å². The fraction of sp³-hybridized carbons (Fsp3) is 0.364. The highest BCUT2D eigenvalue weighted by Gasteiger charge is 2.19. The highest BCUT2D eigenvalue weighted by atomic mass is 19.1. The summed E-state index contributed by atoms with van der Waals surface area (Å²) in [6.07, 6.45) is 1.60. The number of likely N-dealkylation sites (tertiary alicyclic amines) is 1. The van der Waals surface area contributed by atoms with E-state index in [1.807, 2.05) is 4.90 Å². The van der Waals surface area contributed by atoms with E-state index in [9.17, 15) is 9.18 Å². The summed E-state index contributed by atoms with van der Waals surface area (Å²) in [5, 5.41) is 0. The van der Waals surface area contributed by atoms with E-state index >= 15 is 0 Å². The number of carbonyl (C=O) groups excluding carboxylic acids is 1. The maximum atomic E-state index is 12.6. The van der Waals surface area contributed by atoms with Crippen molar-refractivity contribution < 1.29 is 9.18 Å². The number of halogens is 1. The number of hydrogen-bond donors (Lipinski definition) is 0. The second kappa shape index (κ2) is 3.78. The summed E-state index contributed by atoms with van der Waals surface area (Å²) < 4.78 is 12.6. The van der Waals surface area contributed by atoms with Gasteiger partial charge in [0, 0.05) is 19.5 Å². The summed E-state index contributed by atoms with van der Waals surface area (Å²) >= 11 is 0. The first-order valence-corrected chi connectivity index (χ1v) is 4.78. The van der Waals surface area contributed by atoms with Gasteiger partial charge >= 0.3 is 0 Å². The Kier molecular flexibility index (Phi) is 2.48. The van der Waals surface area contributed by atoms with Crippen LogP contribution in [-0.2, 0) is 11.3 Å². The molecule has 14 heavy (non-hydrogen) atoms. The van der Waals surface area contributed by atoms with Gasteiger partial charge in [0.25, 0.3) is 0 Å². The topological polar surface area (TPSA) is 20.3 Å². The van der Waals surface area contributed by atoms with Crippen molar-refractivity contribution in [1.82, 2.24) is 4.90 Å². The highest BCUT2D eigenvalue weighted by Crippen LogP contribution is 2.14. The molecule has 0 spiro atoms. The van der Waals surface area contributed by atoms with Gasteiger partial charge in [0.2, 0.25) is 5.91 Å². The van der Waals surface area contributed by atoms with E-state index in [-0.39, 0.29) is 11.7 Å². The molecular formula is C11H12FNO. The molecule has 3 heteroatoms. The molecule has 0 aromatic heterocycles. The van der Waals surface area contributed by atoms with Gasteiger partial charge in [-0.3, -0.25) is 4.79 Å². The average Bonchev–Trinajstić information content (AvgIpc) is 2.56. The van der Waals surface area contributed by atoms with Crippen LogP contribution < -0.4 is 0 Å². The number of benzene rings is 1. The van der Waals surface area contributed by atoms with Crippen molar-refractivity contribution in [2.24, 2.45) is 0 Å². The van der Waals surface area contributed by atoms with Gasteiger partial charge in [-0.15, -0.1) is 0 Å². The molecule has 1 fully saturated rings. The molecule has 1 amide bonds. The molecule has 1 saturated heterocycles. The largest absolute Gasteiger partial charge is 0.338 e. The van der Waals surface area contributed by atoms with E-state index in [1.54, 1.807) is 12.1 Å². The van der Waals surface area contributed by atoms with E-state index in [0.717, 1.165) is 18.5 Å². The van der Waals surface area contributed by atoms with Crippen LogP contribution in [0.5, 0.6) is 0 Å². The van der Waals surface area contributed by atoms with Crippen LogP contribution in [0.1, 0.15) is 18.4 Å². The molecule has 1 aromatic rings.